The Morgan fingerprint density at radius 1 is 0.867 bits per heavy atom. The Bertz CT molecular complexity index is 2520. The van der Waals surface area contributed by atoms with E-state index in [9.17, 15) is 23.6 Å². The number of aromatic nitrogens is 4. The fourth-order valence-electron chi connectivity index (χ4n) is 8.59. The number of halogens is 2. The number of rotatable bonds is 12. The van der Waals surface area contributed by atoms with Crippen LogP contribution in [0.4, 0.5) is 20.3 Å². The van der Waals surface area contributed by atoms with Crippen molar-refractivity contribution < 1.29 is 37.4 Å². The second kappa shape index (κ2) is 15.9. The largest absolute Gasteiger partial charge is 0.494 e. The first-order valence-corrected chi connectivity index (χ1v) is 19.9. The number of imide groups is 2. The standard InChI is InChI=1S/C42H42F2N10O6/c1-59-32-3-2-4-33(36(32)44)60-26-11-5-22(6-12-26)37-35-38(45)48-21-49-39(35)54(51-37)25-9-7-23(8-10-25)46-15-16-47-24-19-52(20-24)31-18-28-27(17-29(31)43)41(57)53(42(28)58)30-13-14-34(55)50-40(30)56/h2-6,11-12,17-18,21,23-25,30,46-47H,7-10,13-16,19-20H2,1H3,(H2,45,48,49)(H,50,55,56). The Morgan fingerprint density at radius 2 is 1.57 bits per heavy atom. The summed E-state index contributed by atoms with van der Waals surface area (Å²) in [7, 11) is 1.40. The summed E-state index contributed by atoms with van der Waals surface area (Å²) < 4.78 is 42.8. The van der Waals surface area contributed by atoms with Gasteiger partial charge in [-0.3, -0.25) is 29.4 Å². The van der Waals surface area contributed by atoms with Crippen molar-refractivity contribution in [3.8, 4) is 28.5 Å². The molecular weight excluding hydrogens is 779 g/mol. The first kappa shape index (κ1) is 39.0. The predicted octanol–water partition coefficient (Wildman–Crippen LogP) is 4.11. The zero-order valence-corrected chi connectivity index (χ0v) is 32.6. The van der Waals surface area contributed by atoms with Crippen LogP contribution in [0.5, 0.6) is 17.2 Å². The van der Waals surface area contributed by atoms with Crippen molar-refractivity contribution in [2.75, 3.05) is 43.9 Å². The lowest BCUT2D eigenvalue weighted by Crippen LogP contribution is -2.59. The summed E-state index contributed by atoms with van der Waals surface area (Å²) in [4.78, 5) is 61.7. The van der Waals surface area contributed by atoms with Gasteiger partial charge in [0.05, 0.1) is 35.4 Å². The molecule has 1 atom stereocenters. The van der Waals surface area contributed by atoms with E-state index in [4.69, 9.17) is 20.3 Å². The summed E-state index contributed by atoms with van der Waals surface area (Å²) >= 11 is 0. The lowest BCUT2D eigenvalue weighted by atomic mass is 9.91. The molecule has 2 saturated heterocycles. The van der Waals surface area contributed by atoms with E-state index in [0.29, 0.717) is 54.0 Å². The first-order valence-electron chi connectivity index (χ1n) is 19.9. The predicted molar refractivity (Wildman–Crippen MR) is 215 cm³/mol. The van der Waals surface area contributed by atoms with Gasteiger partial charge in [-0.1, -0.05) is 6.07 Å². The Kier molecular flexibility index (Phi) is 10.3. The van der Waals surface area contributed by atoms with Gasteiger partial charge in [0.1, 0.15) is 35.4 Å². The van der Waals surface area contributed by atoms with Gasteiger partial charge in [0.15, 0.2) is 17.1 Å². The number of ether oxygens (including phenoxy) is 2. The minimum atomic E-state index is -1.11. The number of piperidine rings is 1. The number of carbonyl (C=O) groups is 4. The fraction of sp³-hybridized carbons (Fsp3) is 0.357. The van der Waals surface area contributed by atoms with Gasteiger partial charge in [0.25, 0.3) is 11.8 Å². The number of nitrogens with zero attached hydrogens (tertiary/aromatic N) is 6. The van der Waals surface area contributed by atoms with Crippen molar-refractivity contribution in [1.29, 1.82) is 0 Å². The van der Waals surface area contributed by atoms with E-state index in [2.05, 4.69) is 25.9 Å². The second-order valence-corrected chi connectivity index (χ2v) is 15.5. The first-order chi connectivity index (χ1) is 29.1. The van der Waals surface area contributed by atoms with Crippen LogP contribution in [0.1, 0.15) is 65.3 Å². The highest BCUT2D eigenvalue weighted by Crippen LogP contribution is 2.38. The molecule has 310 valence electrons. The monoisotopic (exact) mass is 820 g/mol. The Balaban J connectivity index is 0.759. The van der Waals surface area contributed by atoms with E-state index in [1.165, 1.54) is 31.6 Å². The molecule has 0 radical (unpaired) electrons. The third kappa shape index (κ3) is 7.14. The molecule has 5 N–H and O–H groups in total. The Labute approximate surface area is 342 Å². The van der Waals surface area contributed by atoms with Crippen LogP contribution in [0.25, 0.3) is 22.3 Å². The van der Waals surface area contributed by atoms with Gasteiger partial charge in [0.2, 0.25) is 17.6 Å². The van der Waals surface area contributed by atoms with E-state index in [1.807, 2.05) is 21.7 Å². The molecule has 9 rings (SSSR count). The van der Waals surface area contributed by atoms with Gasteiger partial charge in [-0.2, -0.15) is 9.49 Å². The molecular formula is C42H42F2N10O6. The highest BCUT2D eigenvalue weighted by Gasteiger charge is 2.45. The number of hydrogen-bond donors (Lipinski definition) is 4. The van der Waals surface area contributed by atoms with Crippen LogP contribution in [0.2, 0.25) is 0 Å². The number of nitrogens with one attached hydrogen (secondary N) is 3. The highest BCUT2D eigenvalue weighted by molar-refractivity contribution is 6.23. The quantitative estimate of drug-likeness (QED) is 0.104. The molecule has 16 nitrogen and oxygen atoms in total. The molecule has 60 heavy (non-hydrogen) atoms. The maximum Gasteiger partial charge on any atom is 0.262 e. The lowest BCUT2D eigenvalue weighted by Gasteiger charge is -2.42. The number of benzene rings is 3. The number of carbonyl (C=O) groups excluding carboxylic acids is 4. The Morgan fingerprint density at radius 3 is 2.28 bits per heavy atom. The van der Waals surface area contributed by atoms with Gasteiger partial charge in [-0.15, -0.1) is 0 Å². The van der Waals surface area contributed by atoms with Crippen LogP contribution in [0, 0.1) is 11.6 Å². The van der Waals surface area contributed by atoms with E-state index in [0.717, 1.165) is 48.8 Å². The topological polar surface area (TPSA) is 199 Å². The molecule has 5 aromatic rings. The second-order valence-electron chi connectivity index (χ2n) is 15.5. The summed E-state index contributed by atoms with van der Waals surface area (Å²) in [6.07, 6.45) is 5.13. The van der Waals surface area contributed by atoms with Gasteiger partial charge in [0, 0.05) is 50.2 Å². The molecule has 3 aromatic carbocycles. The van der Waals surface area contributed by atoms with Crippen LogP contribution >= 0.6 is 0 Å². The normalized spacial score (nSPS) is 20.7. The summed E-state index contributed by atoms with van der Waals surface area (Å²) in [6, 6.07) is 13.8. The summed E-state index contributed by atoms with van der Waals surface area (Å²) in [5, 5.41) is 15.0. The SMILES string of the molecule is COc1cccc(Oc2ccc(-c3nn(C4CCC(NCCNC5CN(c6cc7c(cc6F)C(=O)N(C6CCC(=O)NC6=O)C7=O)C5)CC4)c4ncnc(N)c34)cc2)c1F. The van der Waals surface area contributed by atoms with Crippen LogP contribution in [0.3, 0.4) is 0 Å². The number of fused-ring (bicyclic) bond motifs is 2. The van der Waals surface area contributed by atoms with Crippen LogP contribution in [-0.2, 0) is 9.59 Å². The van der Waals surface area contributed by atoms with Gasteiger partial charge < -0.3 is 30.7 Å². The highest BCUT2D eigenvalue weighted by atomic mass is 19.1. The number of nitrogens with two attached hydrogens (primary N) is 1. The average Bonchev–Trinajstić information content (AvgIpc) is 3.73. The molecule has 4 aliphatic rings. The van der Waals surface area contributed by atoms with Crippen LogP contribution in [0.15, 0.2) is 60.9 Å². The number of hydrogen-bond acceptors (Lipinski definition) is 13. The van der Waals surface area contributed by atoms with Crippen molar-refractivity contribution in [1.82, 2.24) is 40.6 Å². The molecule has 1 aliphatic carbocycles. The molecule has 18 heteroatoms. The number of anilines is 2. The van der Waals surface area contributed by atoms with Gasteiger partial charge >= 0.3 is 0 Å². The molecule has 4 amide bonds. The molecule has 3 fully saturated rings. The number of amides is 4. The van der Waals surface area contributed by atoms with E-state index in [1.54, 1.807) is 18.2 Å². The minimum absolute atomic E-state index is 0.00816. The van der Waals surface area contributed by atoms with Crippen molar-refractivity contribution in [3.05, 3.63) is 83.7 Å². The number of methoxy groups -OCH3 is 1. The summed E-state index contributed by atoms with van der Waals surface area (Å²) in [5.41, 5.74) is 8.69. The molecule has 0 spiro atoms. The zero-order chi connectivity index (χ0) is 41.7. The van der Waals surface area contributed by atoms with Gasteiger partial charge in [-0.05, 0) is 80.6 Å². The van der Waals surface area contributed by atoms with E-state index in [-0.39, 0.29) is 53.2 Å². The van der Waals surface area contributed by atoms with Crippen LogP contribution < -0.4 is 36.1 Å². The number of nitrogen functional groups attached to an aromatic ring is 1. The maximum atomic E-state index is 15.3. The molecule has 1 saturated carbocycles. The minimum Gasteiger partial charge on any atom is -0.494 e. The van der Waals surface area contributed by atoms with Crippen molar-refractivity contribution in [3.63, 3.8) is 0 Å². The van der Waals surface area contributed by atoms with Crippen molar-refractivity contribution in [2.45, 2.75) is 62.7 Å². The van der Waals surface area contributed by atoms with E-state index < -0.39 is 41.3 Å². The molecule has 2 aromatic heterocycles. The van der Waals surface area contributed by atoms with Gasteiger partial charge in [-0.25, -0.2) is 19.0 Å². The summed E-state index contributed by atoms with van der Waals surface area (Å²) in [5.74, 6) is -2.85. The summed E-state index contributed by atoms with van der Waals surface area (Å²) in [6.45, 7) is 2.50. The maximum absolute atomic E-state index is 15.3. The zero-order valence-electron chi connectivity index (χ0n) is 32.6. The smallest absolute Gasteiger partial charge is 0.262 e. The fourth-order valence-corrected chi connectivity index (χ4v) is 8.59. The molecule has 3 aliphatic heterocycles. The third-order valence-electron chi connectivity index (χ3n) is 11.8. The molecule has 0 bridgehead atoms. The van der Waals surface area contributed by atoms with Crippen molar-refractivity contribution >= 4 is 46.2 Å². The third-order valence-corrected chi connectivity index (χ3v) is 11.8. The van der Waals surface area contributed by atoms with Crippen molar-refractivity contribution in [2.24, 2.45) is 0 Å². The average molecular weight is 821 g/mol. The Hall–Kier alpha value is -6.53. The lowest BCUT2D eigenvalue weighted by molar-refractivity contribution is -0.136. The molecule has 5 heterocycles. The molecule has 1 unspecified atom stereocenters. The van der Waals surface area contributed by atoms with E-state index >= 15 is 4.39 Å². The van der Waals surface area contributed by atoms with Crippen LogP contribution in [-0.4, -0.2) is 99.7 Å².